The number of halogens is 3. The second-order valence-corrected chi connectivity index (χ2v) is 5.13. The Labute approximate surface area is 123 Å². The number of alkyl halides is 3. The molecule has 0 saturated carbocycles. The molecule has 1 rings (SSSR count). The summed E-state index contributed by atoms with van der Waals surface area (Å²) in [6, 6.07) is 4.15. The molecule has 0 bridgehead atoms. The van der Waals surface area contributed by atoms with Crippen LogP contribution < -0.4 is 10.6 Å². The normalized spacial score (nSPS) is 13.3. The first-order valence-electron chi connectivity index (χ1n) is 6.95. The number of hydrogen-bond acceptors (Lipinski definition) is 3. The zero-order valence-electron chi connectivity index (χ0n) is 12.7. The summed E-state index contributed by atoms with van der Waals surface area (Å²) in [6.45, 7) is 2.85. The first kappa shape index (κ1) is 17.8. The van der Waals surface area contributed by atoms with E-state index in [9.17, 15) is 13.2 Å². The summed E-state index contributed by atoms with van der Waals surface area (Å²) in [7, 11) is 3.30. The van der Waals surface area contributed by atoms with Gasteiger partial charge in [-0.2, -0.15) is 13.2 Å². The topological polar surface area (TPSA) is 38.5 Å². The molecule has 120 valence electrons. The van der Waals surface area contributed by atoms with E-state index in [4.69, 9.17) is 10.5 Å². The van der Waals surface area contributed by atoms with Crippen LogP contribution in [0.4, 0.5) is 18.9 Å². The van der Waals surface area contributed by atoms with Gasteiger partial charge >= 0.3 is 6.18 Å². The zero-order valence-corrected chi connectivity index (χ0v) is 12.7. The molecule has 3 nitrogen and oxygen atoms in total. The molecule has 0 saturated heterocycles. The fraction of sp³-hybridized carbons (Fsp3) is 0.600. The van der Waals surface area contributed by atoms with Crippen LogP contribution in [0.1, 0.15) is 24.5 Å². The number of benzene rings is 1. The Balaban J connectivity index is 3.07. The third-order valence-corrected chi connectivity index (χ3v) is 3.48. The highest BCUT2D eigenvalue weighted by Gasteiger charge is 2.34. The molecule has 0 fully saturated rings. The third kappa shape index (κ3) is 5.21. The van der Waals surface area contributed by atoms with Crippen LogP contribution in [0.2, 0.25) is 0 Å². The first-order chi connectivity index (χ1) is 9.79. The molecule has 0 radical (unpaired) electrons. The molecule has 6 heteroatoms. The minimum absolute atomic E-state index is 0.230. The first-order valence-corrected chi connectivity index (χ1v) is 6.95. The van der Waals surface area contributed by atoms with Crippen molar-refractivity contribution >= 4 is 5.69 Å². The molecular weight excluding hydrogens is 281 g/mol. The summed E-state index contributed by atoms with van der Waals surface area (Å²) >= 11 is 0. The van der Waals surface area contributed by atoms with Crippen LogP contribution in [-0.4, -0.2) is 33.4 Å². The molecule has 1 atom stereocenters. The van der Waals surface area contributed by atoms with Crippen molar-refractivity contribution in [1.82, 2.24) is 0 Å². The van der Waals surface area contributed by atoms with Crippen LogP contribution in [0.3, 0.4) is 0 Å². The summed E-state index contributed by atoms with van der Waals surface area (Å²) in [5.74, 6) is 0. The molecule has 2 N–H and O–H groups in total. The zero-order chi connectivity index (χ0) is 16.0. The molecule has 0 amide bonds. The minimum Gasteiger partial charge on any atom is -0.383 e. The van der Waals surface area contributed by atoms with E-state index < -0.39 is 11.7 Å². The van der Waals surface area contributed by atoms with Crippen molar-refractivity contribution in [2.24, 2.45) is 5.73 Å². The number of anilines is 1. The molecule has 1 aromatic rings. The van der Waals surface area contributed by atoms with E-state index in [1.807, 2.05) is 6.92 Å². The Hall–Kier alpha value is -1.27. The minimum atomic E-state index is -4.37. The van der Waals surface area contributed by atoms with Crippen molar-refractivity contribution in [3.05, 3.63) is 29.3 Å². The second-order valence-electron chi connectivity index (χ2n) is 5.13. The van der Waals surface area contributed by atoms with Gasteiger partial charge in [0.25, 0.3) is 0 Å². The van der Waals surface area contributed by atoms with E-state index in [0.717, 1.165) is 0 Å². The summed E-state index contributed by atoms with van der Waals surface area (Å²) in [4.78, 5) is 1.74. The number of nitrogens with two attached hydrogens (primary N) is 1. The molecule has 0 aliphatic rings. The molecule has 21 heavy (non-hydrogen) atoms. The lowest BCUT2D eigenvalue weighted by Crippen LogP contribution is -2.25. The molecule has 0 aliphatic carbocycles. The molecule has 0 aliphatic heterocycles. The predicted molar refractivity (Wildman–Crippen MR) is 78.6 cm³/mol. The summed E-state index contributed by atoms with van der Waals surface area (Å²) < 4.78 is 44.6. The Morgan fingerprint density at radius 1 is 1.33 bits per heavy atom. The maximum Gasteiger partial charge on any atom is 0.416 e. The fourth-order valence-electron chi connectivity index (χ4n) is 2.03. The van der Waals surface area contributed by atoms with Gasteiger partial charge in [-0.3, -0.25) is 0 Å². The van der Waals surface area contributed by atoms with Gasteiger partial charge in [-0.05, 0) is 30.5 Å². The van der Waals surface area contributed by atoms with Crippen molar-refractivity contribution in [2.45, 2.75) is 32.0 Å². The lowest BCUT2D eigenvalue weighted by molar-refractivity contribution is -0.138. The van der Waals surface area contributed by atoms with Gasteiger partial charge in [0.15, 0.2) is 0 Å². The Morgan fingerprint density at radius 2 is 2.00 bits per heavy atom. The van der Waals surface area contributed by atoms with Crippen LogP contribution in [0.5, 0.6) is 0 Å². The van der Waals surface area contributed by atoms with E-state index in [2.05, 4.69) is 0 Å². The highest BCUT2D eigenvalue weighted by Crippen LogP contribution is 2.35. The Morgan fingerprint density at radius 3 is 2.52 bits per heavy atom. The summed E-state index contributed by atoms with van der Waals surface area (Å²) in [5, 5.41) is 0. The monoisotopic (exact) mass is 304 g/mol. The van der Waals surface area contributed by atoms with Gasteiger partial charge in [0.1, 0.15) is 0 Å². The van der Waals surface area contributed by atoms with E-state index in [-0.39, 0.29) is 18.0 Å². The summed E-state index contributed by atoms with van der Waals surface area (Å²) in [5.41, 5.74) is 5.96. The molecule has 1 unspecified atom stereocenters. The number of methoxy groups -OCH3 is 1. The van der Waals surface area contributed by atoms with Gasteiger partial charge in [-0.25, -0.2) is 0 Å². The number of nitrogens with zero attached hydrogens (tertiary/aromatic N) is 1. The molecular formula is C15H23F3N2O. The van der Waals surface area contributed by atoms with Crippen LogP contribution in [0, 0.1) is 0 Å². The quantitative estimate of drug-likeness (QED) is 0.841. The van der Waals surface area contributed by atoms with Crippen LogP contribution in [0.15, 0.2) is 18.2 Å². The van der Waals surface area contributed by atoms with Crippen molar-refractivity contribution in [1.29, 1.82) is 0 Å². The largest absolute Gasteiger partial charge is 0.416 e. The third-order valence-electron chi connectivity index (χ3n) is 3.48. The van der Waals surface area contributed by atoms with Gasteiger partial charge in [0.2, 0.25) is 0 Å². The fourth-order valence-corrected chi connectivity index (χ4v) is 2.03. The molecule has 0 aromatic heterocycles. The predicted octanol–water partition coefficient (Wildman–Crippen LogP) is 3.07. The highest BCUT2D eigenvalue weighted by atomic mass is 19.4. The number of hydrogen-bond donors (Lipinski definition) is 1. The van der Waals surface area contributed by atoms with E-state index in [1.165, 1.54) is 12.1 Å². The maximum absolute atomic E-state index is 13.2. The molecule has 0 spiro atoms. The van der Waals surface area contributed by atoms with Gasteiger partial charge in [-0.15, -0.1) is 0 Å². The lowest BCUT2D eigenvalue weighted by atomic mass is 9.98. The van der Waals surface area contributed by atoms with E-state index >= 15 is 0 Å². The average Bonchev–Trinajstić information content (AvgIpc) is 2.43. The number of likely N-dealkylation sites (N-methyl/N-ethyl adjacent to an activating group) is 1. The van der Waals surface area contributed by atoms with Gasteiger partial charge in [-0.1, -0.05) is 13.0 Å². The van der Waals surface area contributed by atoms with E-state index in [1.54, 1.807) is 25.1 Å². The number of rotatable bonds is 7. The second kappa shape index (κ2) is 7.66. The van der Waals surface area contributed by atoms with Crippen molar-refractivity contribution < 1.29 is 17.9 Å². The van der Waals surface area contributed by atoms with E-state index in [0.29, 0.717) is 25.3 Å². The lowest BCUT2D eigenvalue weighted by Gasteiger charge is -2.22. The van der Waals surface area contributed by atoms with Crippen LogP contribution >= 0.6 is 0 Å². The van der Waals surface area contributed by atoms with Crippen molar-refractivity contribution in [3.8, 4) is 0 Å². The Bertz CT molecular complexity index is 449. The van der Waals surface area contributed by atoms with Gasteiger partial charge in [0, 0.05) is 32.4 Å². The van der Waals surface area contributed by atoms with Gasteiger partial charge < -0.3 is 15.4 Å². The number of ether oxygens (including phenoxy) is 1. The highest BCUT2D eigenvalue weighted by molar-refractivity contribution is 5.51. The Kier molecular flexibility index (Phi) is 6.48. The van der Waals surface area contributed by atoms with Crippen molar-refractivity contribution in [2.75, 3.05) is 32.2 Å². The maximum atomic E-state index is 13.2. The molecule has 1 aromatic carbocycles. The SMILES string of the molecule is CCC(N)Cc1ccc(N(C)CCOC)cc1C(F)(F)F. The standard InChI is InChI=1S/C15H23F3N2O/c1-4-12(19)9-11-5-6-13(20(2)7-8-21-3)10-14(11)15(16,17)18/h5-6,10,12H,4,7-9,19H2,1-3H3. The van der Waals surface area contributed by atoms with Crippen LogP contribution in [-0.2, 0) is 17.3 Å². The summed E-state index contributed by atoms with van der Waals surface area (Å²) in [6.07, 6.45) is -3.50. The molecule has 0 heterocycles. The van der Waals surface area contributed by atoms with Crippen molar-refractivity contribution in [3.63, 3.8) is 0 Å². The van der Waals surface area contributed by atoms with Gasteiger partial charge in [0.05, 0.1) is 12.2 Å². The van der Waals surface area contributed by atoms with Crippen LogP contribution in [0.25, 0.3) is 0 Å². The smallest absolute Gasteiger partial charge is 0.383 e. The average molecular weight is 304 g/mol.